The molecule has 0 amide bonds. The summed E-state index contributed by atoms with van der Waals surface area (Å²) in [6, 6.07) is 0. The number of carbonyl (C=O) groups is 2. The third-order valence-corrected chi connectivity index (χ3v) is 6.44. The predicted molar refractivity (Wildman–Crippen MR) is 123 cm³/mol. The number of esters is 2. The first-order chi connectivity index (χ1) is 14.6. The Hall–Kier alpha value is -1.06. The minimum absolute atomic E-state index is 0.181. The summed E-state index contributed by atoms with van der Waals surface area (Å²) in [7, 11) is 0. The molecule has 0 aromatic rings. The second kappa shape index (κ2) is 17.6. The Kier molecular flexibility index (Phi) is 15.8. The molecule has 1 rings (SSSR count). The summed E-state index contributed by atoms with van der Waals surface area (Å²) in [6.45, 7) is 7.57. The normalized spacial score (nSPS) is 21.8. The highest BCUT2D eigenvalue weighted by molar-refractivity contribution is 5.82. The topological polar surface area (TPSA) is 52.6 Å². The van der Waals surface area contributed by atoms with Crippen molar-refractivity contribution in [1.82, 2.24) is 0 Å². The number of ether oxygens (including phenoxy) is 2. The minimum atomic E-state index is -0.334. The Morgan fingerprint density at radius 2 is 1.13 bits per heavy atom. The van der Waals surface area contributed by atoms with Gasteiger partial charge in [-0.05, 0) is 31.6 Å². The van der Waals surface area contributed by atoms with Gasteiger partial charge >= 0.3 is 11.9 Å². The van der Waals surface area contributed by atoms with E-state index in [1.54, 1.807) is 0 Å². The fourth-order valence-corrected chi connectivity index (χ4v) is 4.47. The molecule has 0 aromatic heterocycles. The lowest BCUT2D eigenvalue weighted by Gasteiger charge is -2.23. The molecule has 0 bridgehead atoms. The highest BCUT2D eigenvalue weighted by atomic mass is 16.5. The van der Waals surface area contributed by atoms with Gasteiger partial charge in [-0.2, -0.15) is 0 Å². The monoisotopic (exact) mass is 424 g/mol. The SMILES string of the molecule is CCCCCCCCOC(=O)C1CCCC(C)CC1C(=O)OCCCCCCCC. The average Bonchev–Trinajstić information content (AvgIpc) is 2.93. The number of hydrogen-bond donors (Lipinski definition) is 0. The van der Waals surface area contributed by atoms with Crippen LogP contribution in [0.4, 0.5) is 0 Å². The zero-order valence-corrected chi connectivity index (χ0v) is 20.1. The summed E-state index contributed by atoms with van der Waals surface area (Å²) < 4.78 is 11.2. The molecule has 0 radical (unpaired) electrons. The molecular formula is C26H48O4. The van der Waals surface area contributed by atoms with E-state index in [-0.39, 0.29) is 23.8 Å². The zero-order valence-electron chi connectivity index (χ0n) is 20.1. The van der Waals surface area contributed by atoms with Crippen LogP contribution >= 0.6 is 0 Å². The van der Waals surface area contributed by atoms with E-state index in [4.69, 9.17) is 9.47 Å². The van der Waals surface area contributed by atoms with E-state index in [1.165, 1.54) is 51.4 Å². The summed E-state index contributed by atoms with van der Waals surface area (Å²) in [5, 5.41) is 0. The van der Waals surface area contributed by atoms with E-state index in [0.29, 0.717) is 19.1 Å². The molecule has 3 unspecified atom stereocenters. The first kappa shape index (κ1) is 27.0. The van der Waals surface area contributed by atoms with Gasteiger partial charge in [0.15, 0.2) is 0 Å². The molecule has 1 aliphatic rings. The Morgan fingerprint density at radius 3 is 1.67 bits per heavy atom. The largest absolute Gasteiger partial charge is 0.465 e. The van der Waals surface area contributed by atoms with Crippen LogP contribution in [0.25, 0.3) is 0 Å². The fraction of sp³-hybridized carbons (Fsp3) is 0.923. The molecule has 0 saturated heterocycles. The number of hydrogen-bond acceptors (Lipinski definition) is 4. The summed E-state index contributed by atoms with van der Waals surface area (Å²) in [5.74, 6) is -0.572. The fourth-order valence-electron chi connectivity index (χ4n) is 4.47. The average molecular weight is 425 g/mol. The van der Waals surface area contributed by atoms with Crippen LogP contribution in [0.5, 0.6) is 0 Å². The van der Waals surface area contributed by atoms with Crippen molar-refractivity contribution in [3.05, 3.63) is 0 Å². The molecular weight excluding hydrogens is 376 g/mol. The molecule has 0 heterocycles. The molecule has 4 heteroatoms. The first-order valence-electron chi connectivity index (χ1n) is 12.9. The van der Waals surface area contributed by atoms with Gasteiger partial charge in [-0.1, -0.05) is 97.8 Å². The lowest BCUT2D eigenvalue weighted by molar-refractivity contribution is -0.161. The standard InChI is InChI=1S/C26H48O4/c1-4-6-8-10-12-14-19-29-25(27)23-18-16-17-22(3)21-24(23)26(28)30-20-15-13-11-9-7-5-2/h22-24H,4-21H2,1-3H3. The smallest absolute Gasteiger partial charge is 0.309 e. The molecule has 3 atom stereocenters. The number of rotatable bonds is 16. The lowest BCUT2D eigenvalue weighted by Crippen LogP contribution is -2.33. The van der Waals surface area contributed by atoms with E-state index in [9.17, 15) is 9.59 Å². The van der Waals surface area contributed by atoms with Gasteiger partial charge in [0.1, 0.15) is 0 Å². The maximum atomic E-state index is 12.8. The third kappa shape index (κ3) is 12.0. The molecule has 4 nitrogen and oxygen atoms in total. The van der Waals surface area contributed by atoms with E-state index in [0.717, 1.165) is 51.4 Å². The van der Waals surface area contributed by atoms with Crippen LogP contribution in [0, 0.1) is 17.8 Å². The number of unbranched alkanes of at least 4 members (excludes halogenated alkanes) is 10. The second-order valence-corrected chi connectivity index (χ2v) is 9.36. The molecule has 0 aliphatic heterocycles. The van der Waals surface area contributed by atoms with E-state index >= 15 is 0 Å². The van der Waals surface area contributed by atoms with Crippen molar-refractivity contribution < 1.29 is 19.1 Å². The van der Waals surface area contributed by atoms with Gasteiger partial charge < -0.3 is 9.47 Å². The lowest BCUT2D eigenvalue weighted by atomic mass is 9.86. The van der Waals surface area contributed by atoms with Crippen molar-refractivity contribution in [1.29, 1.82) is 0 Å². The molecule has 30 heavy (non-hydrogen) atoms. The highest BCUT2D eigenvalue weighted by Crippen LogP contribution is 2.34. The Bertz CT molecular complexity index is 448. The molecule has 0 N–H and O–H groups in total. The van der Waals surface area contributed by atoms with Gasteiger partial charge in [-0.3, -0.25) is 9.59 Å². The maximum Gasteiger partial charge on any atom is 0.309 e. The summed E-state index contributed by atoms with van der Waals surface area (Å²) in [5.41, 5.74) is 0. The van der Waals surface area contributed by atoms with Crippen LogP contribution in [0.1, 0.15) is 124 Å². The maximum absolute atomic E-state index is 12.8. The molecule has 1 aliphatic carbocycles. The first-order valence-corrected chi connectivity index (χ1v) is 12.9. The summed E-state index contributed by atoms with van der Waals surface area (Å²) in [6.07, 6.45) is 17.6. The van der Waals surface area contributed by atoms with Gasteiger partial charge in [0.25, 0.3) is 0 Å². The van der Waals surface area contributed by atoms with Crippen molar-refractivity contribution in [3.63, 3.8) is 0 Å². The van der Waals surface area contributed by atoms with Crippen LogP contribution in [0.15, 0.2) is 0 Å². The summed E-state index contributed by atoms with van der Waals surface area (Å²) in [4.78, 5) is 25.5. The van der Waals surface area contributed by atoms with Crippen molar-refractivity contribution in [2.45, 2.75) is 124 Å². The molecule has 176 valence electrons. The van der Waals surface area contributed by atoms with Gasteiger partial charge in [0, 0.05) is 0 Å². The van der Waals surface area contributed by atoms with Crippen molar-refractivity contribution in [2.24, 2.45) is 17.8 Å². The van der Waals surface area contributed by atoms with Gasteiger partial charge in [0.2, 0.25) is 0 Å². The van der Waals surface area contributed by atoms with Crippen molar-refractivity contribution in [3.8, 4) is 0 Å². The quantitative estimate of drug-likeness (QED) is 0.149. The Balaban J connectivity index is 2.40. The van der Waals surface area contributed by atoms with E-state index < -0.39 is 0 Å². The molecule has 0 aromatic carbocycles. The highest BCUT2D eigenvalue weighted by Gasteiger charge is 2.38. The molecule has 1 saturated carbocycles. The second-order valence-electron chi connectivity index (χ2n) is 9.36. The van der Waals surface area contributed by atoms with Gasteiger partial charge in [-0.15, -0.1) is 0 Å². The van der Waals surface area contributed by atoms with E-state index in [1.807, 2.05) is 0 Å². The van der Waals surface area contributed by atoms with E-state index in [2.05, 4.69) is 20.8 Å². The van der Waals surface area contributed by atoms with Crippen LogP contribution in [0.2, 0.25) is 0 Å². The molecule has 1 fully saturated rings. The van der Waals surface area contributed by atoms with Crippen LogP contribution in [-0.2, 0) is 19.1 Å². The molecule has 0 spiro atoms. The van der Waals surface area contributed by atoms with Crippen LogP contribution < -0.4 is 0 Å². The number of carbonyl (C=O) groups excluding carboxylic acids is 2. The van der Waals surface area contributed by atoms with Gasteiger partial charge in [-0.25, -0.2) is 0 Å². The summed E-state index contributed by atoms with van der Waals surface area (Å²) >= 11 is 0. The minimum Gasteiger partial charge on any atom is -0.465 e. The van der Waals surface area contributed by atoms with Gasteiger partial charge in [0.05, 0.1) is 25.0 Å². The zero-order chi connectivity index (χ0) is 22.0. The van der Waals surface area contributed by atoms with Crippen LogP contribution in [0.3, 0.4) is 0 Å². The van der Waals surface area contributed by atoms with Crippen molar-refractivity contribution >= 4 is 11.9 Å². The Labute approximate surface area is 185 Å². The third-order valence-electron chi connectivity index (χ3n) is 6.44. The predicted octanol–water partition coefficient (Wildman–Crippen LogP) is 7.24. The Morgan fingerprint density at radius 1 is 0.667 bits per heavy atom. The van der Waals surface area contributed by atoms with Crippen LogP contribution in [-0.4, -0.2) is 25.2 Å². The van der Waals surface area contributed by atoms with Crippen molar-refractivity contribution in [2.75, 3.05) is 13.2 Å².